The molecule has 4 heteroatoms. The van der Waals surface area contributed by atoms with Crippen molar-refractivity contribution in [1.82, 2.24) is 0 Å². The first kappa shape index (κ1) is 13.1. The van der Waals surface area contributed by atoms with Crippen LogP contribution >= 0.6 is 0 Å². The van der Waals surface area contributed by atoms with Crippen molar-refractivity contribution < 1.29 is 9.13 Å². The molecule has 0 saturated carbocycles. The molecular formula is C15H13FN2O. The summed E-state index contributed by atoms with van der Waals surface area (Å²) in [6, 6.07) is 13.7. The topological polar surface area (TPSA) is 45.0 Å². The van der Waals surface area contributed by atoms with Crippen molar-refractivity contribution in [2.24, 2.45) is 0 Å². The number of ether oxygens (including phenoxy) is 1. The minimum Gasteiger partial charge on any atom is -0.380 e. The fourth-order valence-corrected chi connectivity index (χ4v) is 1.80. The Kier molecular flexibility index (Phi) is 4.11. The number of benzene rings is 2. The second-order valence-corrected chi connectivity index (χ2v) is 4.10. The van der Waals surface area contributed by atoms with Gasteiger partial charge in [-0.3, -0.25) is 0 Å². The van der Waals surface area contributed by atoms with Crippen LogP contribution in [-0.2, 0) is 11.3 Å². The predicted octanol–water partition coefficient (Wildman–Crippen LogP) is 3.59. The van der Waals surface area contributed by atoms with Crippen molar-refractivity contribution in [2.45, 2.75) is 6.61 Å². The molecule has 0 aliphatic carbocycles. The number of anilines is 2. The van der Waals surface area contributed by atoms with Gasteiger partial charge in [-0.2, -0.15) is 5.26 Å². The molecule has 0 fully saturated rings. The zero-order valence-electron chi connectivity index (χ0n) is 10.5. The molecule has 2 aromatic rings. The third kappa shape index (κ3) is 3.54. The normalized spacial score (nSPS) is 9.95. The highest BCUT2D eigenvalue weighted by atomic mass is 19.1. The van der Waals surface area contributed by atoms with Crippen LogP contribution in [0.15, 0.2) is 42.5 Å². The summed E-state index contributed by atoms with van der Waals surface area (Å²) in [4.78, 5) is 0. The summed E-state index contributed by atoms with van der Waals surface area (Å²) >= 11 is 0. The van der Waals surface area contributed by atoms with E-state index in [1.54, 1.807) is 13.2 Å². The minimum absolute atomic E-state index is 0.288. The lowest BCUT2D eigenvalue weighted by Gasteiger charge is -2.08. The Morgan fingerprint density at radius 2 is 2.05 bits per heavy atom. The highest BCUT2D eigenvalue weighted by Gasteiger charge is 2.02. The van der Waals surface area contributed by atoms with E-state index in [1.165, 1.54) is 12.1 Å². The Balaban J connectivity index is 2.23. The third-order valence-electron chi connectivity index (χ3n) is 2.55. The number of nitrogens with one attached hydrogen (secondary N) is 1. The molecule has 0 heterocycles. The van der Waals surface area contributed by atoms with Crippen LogP contribution in [0.4, 0.5) is 15.8 Å². The zero-order valence-corrected chi connectivity index (χ0v) is 10.5. The second-order valence-electron chi connectivity index (χ2n) is 4.10. The number of methoxy groups -OCH3 is 1. The Hall–Kier alpha value is -2.38. The molecule has 3 nitrogen and oxygen atoms in total. The summed E-state index contributed by atoms with van der Waals surface area (Å²) in [5.41, 5.74) is 2.68. The lowest BCUT2D eigenvalue weighted by Crippen LogP contribution is -1.94. The molecule has 2 aromatic carbocycles. The van der Waals surface area contributed by atoms with E-state index in [0.29, 0.717) is 12.3 Å². The average molecular weight is 256 g/mol. The van der Waals surface area contributed by atoms with Crippen molar-refractivity contribution in [3.05, 3.63) is 59.4 Å². The molecule has 96 valence electrons. The molecule has 0 aliphatic rings. The first-order valence-electron chi connectivity index (χ1n) is 5.77. The van der Waals surface area contributed by atoms with Crippen LogP contribution < -0.4 is 5.32 Å². The van der Waals surface area contributed by atoms with Crippen LogP contribution in [-0.4, -0.2) is 7.11 Å². The van der Waals surface area contributed by atoms with E-state index < -0.39 is 5.82 Å². The van der Waals surface area contributed by atoms with Crippen LogP contribution in [0.2, 0.25) is 0 Å². The van der Waals surface area contributed by atoms with Crippen LogP contribution in [0.3, 0.4) is 0 Å². The van der Waals surface area contributed by atoms with Gasteiger partial charge in [0.1, 0.15) is 5.82 Å². The number of hydrogen-bond acceptors (Lipinski definition) is 3. The smallest absolute Gasteiger partial charge is 0.126 e. The van der Waals surface area contributed by atoms with Gasteiger partial charge in [0.2, 0.25) is 0 Å². The molecule has 0 aliphatic heterocycles. The van der Waals surface area contributed by atoms with Gasteiger partial charge in [-0.15, -0.1) is 0 Å². The van der Waals surface area contributed by atoms with Gasteiger partial charge in [-0.25, -0.2) is 4.39 Å². The van der Waals surface area contributed by atoms with Crippen molar-refractivity contribution >= 4 is 11.4 Å². The summed E-state index contributed by atoms with van der Waals surface area (Å²) in [6.45, 7) is 0.516. The Bertz CT molecular complexity index is 620. The molecule has 0 saturated heterocycles. The highest BCUT2D eigenvalue weighted by molar-refractivity contribution is 5.62. The standard InChI is InChI=1S/C15H13FN2O/c1-19-10-11-3-2-4-14(6-11)18-15-7-12(9-17)5-13(16)8-15/h2-8,18H,10H2,1H3. The molecule has 0 radical (unpaired) electrons. The third-order valence-corrected chi connectivity index (χ3v) is 2.55. The van der Waals surface area contributed by atoms with Gasteiger partial charge < -0.3 is 10.1 Å². The number of nitriles is 1. The minimum atomic E-state index is -0.436. The number of hydrogen-bond donors (Lipinski definition) is 1. The maximum atomic E-state index is 13.3. The molecule has 0 aromatic heterocycles. The van der Waals surface area contributed by atoms with Crippen LogP contribution in [0, 0.1) is 17.1 Å². The predicted molar refractivity (Wildman–Crippen MR) is 71.6 cm³/mol. The van der Waals surface area contributed by atoms with Crippen molar-refractivity contribution in [2.75, 3.05) is 12.4 Å². The molecule has 0 unspecified atom stereocenters. The van der Waals surface area contributed by atoms with Gasteiger partial charge in [-0.05, 0) is 35.9 Å². The van der Waals surface area contributed by atoms with Crippen molar-refractivity contribution in [1.29, 1.82) is 5.26 Å². The van der Waals surface area contributed by atoms with E-state index in [2.05, 4.69) is 5.32 Å². The van der Waals surface area contributed by atoms with Gasteiger partial charge in [0.15, 0.2) is 0 Å². The quantitative estimate of drug-likeness (QED) is 0.909. The van der Waals surface area contributed by atoms with Crippen molar-refractivity contribution in [3.63, 3.8) is 0 Å². The fourth-order valence-electron chi connectivity index (χ4n) is 1.80. The summed E-state index contributed by atoms with van der Waals surface area (Å²) in [5, 5.41) is 11.9. The Morgan fingerprint density at radius 3 is 2.79 bits per heavy atom. The zero-order chi connectivity index (χ0) is 13.7. The van der Waals surface area contributed by atoms with Gasteiger partial charge in [0, 0.05) is 18.5 Å². The lowest BCUT2D eigenvalue weighted by atomic mass is 10.2. The van der Waals surface area contributed by atoms with E-state index in [9.17, 15) is 4.39 Å². The number of halogens is 1. The summed E-state index contributed by atoms with van der Waals surface area (Å²) in [5.74, 6) is -0.436. The van der Waals surface area contributed by atoms with Gasteiger partial charge in [0.05, 0.1) is 18.2 Å². The molecule has 1 N–H and O–H groups in total. The van der Waals surface area contributed by atoms with Crippen LogP contribution in [0.5, 0.6) is 0 Å². The molecular weight excluding hydrogens is 243 g/mol. The fraction of sp³-hybridized carbons (Fsp3) is 0.133. The van der Waals surface area contributed by atoms with Gasteiger partial charge in [0.25, 0.3) is 0 Å². The SMILES string of the molecule is COCc1cccc(Nc2cc(F)cc(C#N)c2)c1. The monoisotopic (exact) mass is 256 g/mol. The van der Waals surface area contributed by atoms with E-state index in [-0.39, 0.29) is 5.56 Å². The molecule has 0 atom stereocenters. The van der Waals surface area contributed by atoms with E-state index in [4.69, 9.17) is 10.00 Å². The number of nitrogens with zero attached hydrogens (tertiary/aromatic N) is 1. The summed E-state index contributed by atoms with van der Waals surface area (Å²) < 4.78 is 18.4. The largest absolute Gasteiger partial charge is 0.380 e. The summed E-state index contributed by atoms with van der Waals surface area (Å²) in [6.07, 6.45) is 0. The molecule has 19 heavy (non-hydrogen) atoms. The highest BCUT2D eigenvalue weighted by Crippen LogP contribution is 2.20. The lowest BCUT2D eigenvalue weighted by molar-refractivity contribution is 0.185. The molecule has 0 spiro atoms. The van der Waals surface area contributed by atoms with E-state index in [0.717, 1.165) is 11.3 Å². The van der Waals surface area contributed by atoms with E-state index in [1.807, 2.05) is 30.3 Å². The summed E-state index contributed by atoms with van der Waals surface area (Å²) in [7, 11) is 1.63. The van der Waals surface area contributed by atoms with E-state index >= 15 is 0 Å². The Labute approximate surface area is 111 Å². The molecule has 2 rings (SSSR count). The maximum Gasteiger partial charge on any atom is 0.126 e. The Morgan fingerprint density at radius 1 is 1.21 bits per heavy atom. The molecule has 0 bridgehead atoms. The first-order chi connectivity index (χ1) is 9.21. The number of rotatable bonds is 4. The maximum absolute atomic E-state index is 13.3. The van der Waals surface area contributed by atoms with Crippen LogP contribution in [0.25, 0.3) is 0 Å². The van der Waals surface area contributed by atoms with Crippen LogP contribution in [0.1, 0.15) is 11.1 Å². The molecule has 0 amide bonds. The average Bonchev–Trinajstić information content (AvgIpc) is 2.39. The first-order valence-corrected chi connectivity index (χ1v) is 5.77. The van der Waals surface area contributed by atoms with Gasteiger partial charge in [-0.1, -0.05) is 12.1 Å². The second kappa shape index (κ2) is 5.98. The van der Waals surface area contributed by atoms with Crippen molar-refractivity contribution in [3.8, 4) is 6.07 Å². The van der Waals surface area contributed by atoms with Gasteiger partial charge >= 0.3 is 0 Å².